The van der Waals surface area contributed by atoms with Crippen molar-refractivity contribution in [2.75, 3.05) is 14.2 Å². The molecule has 0 aromatic heterocycles. The van der Waals surface area contributed by atoms with Gasteiger partial charge in [0, 0.05) is 0 Å². The Labute approximate surface area is 127 Å². The summed E-state index contributed by atoms with van der Waals surface area (Å²) in [7, 11) is 2.21. The summed E-state index contributed by atoms with van der Waals surface area (Å²) in [6.45, 7) is 0. The quantitative estimate of drug-likeness (QED) is 0.485. The Morgan fingerprint density at radius 2 is 1.26 bits per heavy atom. The van der Waals surface area contributed by atoms with E-state index in [1.54, 1.807) is 0 Å². The molecule has 23 heavy (non-hydrogen) atoms. The van der Waals surface area contributed by atoms with Crippen molar-refractivity contribution in [1.29, 1.82) is 0 Å². The summed E-state index contributed by atoms with van der Waals surface area (Å²) in [5.74, 6) is -11.5. The fraction of sp³-hybridized carbons (Fsp3) is 0.143. The van der Waals surface area contributed by atoms with Crippen LogP contribution in [0.4, 0.5) is 26.3 Å². The van der Waals surface area contributed by atoms with Gasteiger partial charge in [-0.05, 0) is 23.1 Å². The molecular weight excluding hydrogens is 325 g/mol. The van der Waals surface area contributed by atoms with Crippen LogP contribution in [0.5, 0.6) is 11.5 Å². The van der Waals surface area contributed by atoms with Crippen LogP contribution in [0.1, 0.15) is 0 Å². The SMILES string of the molecule is COc1ccc(F)c([B]c2c(F)c(F)c(OC)c(F)c2F)c1F. The Hall–Kier alpha value is -2.32. The van der Waals surface area contributed by atoms with Crippen molar-refractivity contribution in [1.82, 2.24) is 0 Å². The third-order valence-corrected chi connectivity index (χ3v) is 3.06. The zero-order valence-electron chi connectivity index (χ0n) is 11.8. The third-order valence-electron chi connectivity index (χ3n) is 3.06. The van der Waals surface area contributed by atoms with Gasteiger partial charge in [0.2, 0.25) is 18.9 Å². The van der Waals surface area contributed by atoms with Crippen molar-refractivity contribution in [2.45, 2.75) is 0 Å². The van der Waals surface area contributed by atoms with Crippen LogP contribution in [-0.4, -0.2) is 21.5 Å². The molecule has 0 atom stereocenters. The van der Waals surface area contributed by atoms with E-state index < -0.39 is 57.3 Å². The van der Waals surface area contributed by atoms with Crippen molar-refractivity contribution in [3.8, 4) is 11.5 Å². The van der Waals surface area contributed by atoms with Gasteiger partial charge in [-0.3, -0.25) is 0 Å². The first-order chi connectivity index (χ1) is 10.8. The van der Waals surface area contributed by atoms with Crippen LogP contribution >= 0.6 is 0 Å². The molecule has 0 saturated heterocycles. The summed E-state index contributed by atoms with van der Waals surface area (Å²) in [6.07, 6.45) is 0. The van der Waals surface area contributed by atoms with E-state index in [1.807, 2.05) is 0 Å². The summed E-state index contributed by atoms with van der Waals surface area (Å²) in [6, 6.07) is 1.73. The molecule has 0 aliphatic rings. The van der Waals surface area contributed by atoms with E-state index >= 15 is 0 Å². The molecule has 9 heteroatoms. The molecule has 2 rings (SSSR count). The molecule has 0 aliphatic heterocycles. The molecule has 0 saturated carbocycles. The van der Waals surface area contributed by atoms with Crippen molar-refractivity contribution < 1.29 is 35.8 Å². The Balaban J connectivity index is 2.63. The maximum Gasteiger partial charge on any atom is 0.207 e. The molecule has 0 fully saturated rings. The van der Waals surface area contributed by atoms with E-state index in [9.17, 15) is 26.3 Å². The van der Waals surface area contributed by atoms with Crippen molar-refractivity contribution >= 4 is 18.2 Å². The number of halogens is 6. The van der Waals surface area contributed by atoms with Gasteiger partial charge in [0.15, 0.2) is 29.0 Å². The molecule has 0 bridgehead atoms. The summed E-state index contributed by atoms with van der Waals surface area (Å²) < 4.78 is 91.4. The lowest BCUT2D eigenvalue weighted by molar-refractivity contribution is 0.335. The van der Waals surface area contributed by atoms with Crippen LogP contribution < -0.4 is 20.4 Å². The minimum absolute atomic E-state index is 0.309. The second-order valence-corrected chi connectivity index (χ2v) is 4.32. The van der Waals surface area contributed by atoms with Gasteiger partial charge in [-0.2, -0.15) is 8.78 Å². The Morgan fingerprint density at radius 1 is 0.696 bits per heavy atom. The van der Waals surface area contributed by atoms with Gasteiger partial charge >= 0.3 is 0 Å². The van der Waals surface area contributed by atoms with E-state index in [0.29, 0.717) is 7.28 Å². The normalized spacial score (nSPS) is 10.6. The van der Waals surface area contributed by atoms with Crippen LogP contribution in [0.25, 0.3) is 0 Å². The molecule has 0 heterocycles. The lowest BCUT2D eigenvalue weighted by Crippen LogP contribution is -2.38. The van der Waals surface area contributed by atoms with Gasteiger partial charge in [0.1, 0.15) is 5.82 Å². The third kappa shape index (κ3) is 2.82. The Morgan fingerprint density at radius 3 is 1.74 bits per heavy atom. The highest BCUT2D eigenvalue weighted by Crippen LogP contribution is 2.25. The smallest absolute Gasteiger partial charge is 0.207 e. The van der Waals surface area contributed by atoms with Gasteiger partial charge in [-0.1, -0.05) is 0 Å². The zero-order valence-corrected chi connectivity index (χ0v) is 11.8. The fourth-order valence-electron chi connectivity index (χ4n) is 1.92. The summed E-state index contributed by atoms with van der Waals surface area (Å²) in [4.78, 5) is 0. The summed E-state index contributed by atoms with van der Waals surface area (Å²) >= 11 is 0. The van der Waals surface area contributed by atoms with Gasteiger partial charge in [-0.25, -0.2) is 17.6 Å². The van der Waals surface area contributed by atoms with Gasteiger partial charge in [0.05, 0.1) is 14.2 Å². The Bertz CT molecular complexity index is 737. The molecule has 2 nitrogen and oxygen atoms in total. The minimum Gasteiger partial charge on any atom is -0.494 e. The molecule has 0 aliphatic carbocycles. The summed E-state index contributed by atoms with van der Waals surface area (Å²) in [5, 5.41) is 0. The van der Waals surface area contributed by atoms with Crippen LogP contribution in [0.2, 0.25) is 0 Å². The predicted octanol–water partition coefficient (Wildman–Crippen LogP) is 2.19. The van der Waals surface area contributed by atoms with E-state index in [1.165, 1.54) is 0 Å². The average Bonchev–Trinajstić information content (AvgIpc) is 2.53. The average molecular weight is 333 g/mol. The highest BCUT2D eigenvalue weighted by atomic mass is 19.2. The topological polar surface area (TPSA) is 18.5 Å². The number of benzene rings is 2. The monoisotopic (exact) mass is 333 g/mol. The van der Waals surface area contributed by atoms with Crippen LogP contribution in [0, 0.1) is 34.9 Å². The zero-order chi connectivity index (χ0) is 17.3. The first-order valence-corrected chi connectivity index (χ1v) is 6.10. The maximum absolute atomic E-state index is 14.0. The summed E-state index contributed by atoms with van der Waals surface area (Å²) in [5.41, 5.74) is -2.20. The molecule has 0 N–H and O–H groups in total. The minimum atomic E-state index is -1.85. The molecule has 0 spiro atoms. The molecule has 2 aromatic carbocycles. The van der Waals surface area contributed by atoms with Gasteiger partial charge in [-0.15, -0.1) is 0 Å². The molecule has 2 aromatic rings. The van der Waals surface area contributed by atoms with Crippen LogP contribution in [0.3, 0.4) is 0 Å². The first-order valence-electron chi connectivity index (χ1n) is 6.10. The highest BCUT2D eigenvalue weighted by Gasteiger charge is 2.28. The molecular formula is C14H8BF6O2. The number of hydrogen-bond acceptors (Lipinski definition) is 2. The molecule has 0 amide bonds. The van der Waals surface area contributed by atoms with Crippen LogP contribution in [-0.2, 0) is 0 Å². The number of methoxy groups -OCH3 is 2. The Kier molecular flexibility index (Phi) is 4.77. The standard InChI is InChI=1S/C14H8BF6O2/c1-22-6-4-3-5(16)7(9(6)17)15-8-10(18)12(20)14(23-2)13(21)11(8)19/h3-4H,1-2H3. The predicted molar refractivity (Wildman–Crippen MR) is 70.8 cm³/mol. The van der Waals surface area contributed by atoms with Crippen molar-refractivity contribution in [3.05, 3.63) is 47.0 Å². The first kappa shape index (κ1) is 17.0. The molecule has 121 valence electrons. The van der Waals surface area contributed by atoms with Crippen molar-refractivity contribution in [3.63, 3.8) is 0 Å². The molecule has 1 radical (unpaired) electrons. The maximum atomic E-state index is 14.0. The lowest BCUT2D eigenvalue weighted by Gasteiger charge is -2.12. The second kappa shape index (κ2) is 6.43. The van der Waals surface area contributed by atoms with E-state index in [2.05, 4.69) is 9.47 Å². The largest absolute Gasteiger partial charge is 0.494 e. The lowest BCUT2D eigenvalue weighted by atomic mass is 9.62. The highest BCUT2D eigenvalue weighted by molar-refractivity contribution is 6.67. The van der Waals surface area contributed by atoms with Crippen molar-refractivity contribution in [2.24, 2.45) is 0 Å². The van der Waals surface area contributed by atoms with Crippen LogP contribution in [0.15, 0.2) is 12.1 Å². The fourth-order valence-corrected chi connectivity index (χ4v) is 1.92. The van der Waals surface area contributed by atoms with E-state index in [4.69, 9.17) is 0 Å². The second-order valence-electron chi connectivity index (χ2n) is 4.32. The molecule has 0 unspecified atom stereocenters. The van der Waals surface area contributed by atoms with E-state index in [0.717, 1.165) is 26.4 Å². The van der Waals surface area contributed by atoms with Gasteiger partial charge in [0.25, 0.3) is 0 Å². The number of rotatable bonds is 4. The number of hydrogen-bond donors (Lipinski definition) is 0. The number of ether oxygens (including phenoxy) is 2. The van der Waals surface area contributed by atoms with E-state index in [-0.39, 0.29) is 0 Å². The van der Waals surface area contributed by atoms with Gasteiger partial charge < -0.3 is 9.47 Å².